The van der Waals surface area contributed by atoms with Gasteiger partial charge >= 0.3 is 0 Å². The van der Waals surface area contributed by atoms with Crippen LogP contribution in [0.5, 0.6) is 0 Å². The summed E-state index contributed by atoms with van der Waals surface area (Å²) in [6, 6.07) is 15.5. The van der Waals surface area contributed by atoms with Crippen LogP contribution in [0.25, 0.3) is 10.6 Å². The van der Waals surface area contributed by atoms with Gasteiger partial charge in [-0.05, 0) is 30.2 Å². The minimum Gasteiger partial charge on any atom is -0.379 e. The maximum Gasteiger partial charge on any atom is 0.267 e. The molecule has 1 N–H and O–H groups in total. The lowest BCUT2D eigenvalue weighted by molar-refractivity contribution is 0.0384. The molecule has 0 radical (unpaired) electrons. The fraction of sp³-hybridized carbons (Fsp3) is 0.273. The number of carbonyl (C=O) groups is 1. The van der Waals surface area contributed by atoms with E-state index in [1.807, 2.05) is 36.4 Å². The number of amides is 1. The van der Waals surface area contributed by atoms with E-state index >= 15 is 0 Å². The molecule has 1 aliphatic heterocycles. The van der Waals surface area contributed by atoms with E-state index in [0.717, 1.165) is 55.5 Å². The van der Waals surface area contributed by atoms with Gasteiger partial charge in [-0.25, -0.2) is 4.98 Å². The molecule has 3 aromatic rings. The molecule has 0 unspecified atom stereocenters. The summed E-state index contributed by atoms with van der Waals surface area (Å²) in [7, 11) is 0. The molecule has 0 saturated carbocycles. The lowest BCUT2D eigenvalue weighted by atomic mass is 10.1. The predicted octanol–water partition coefficient (Wildman–Crippen LogP) is 4.59. The molecule has 0 spiro atoms. The lowest BCUT2D eigenvalue weighted by Gasteiger charge is -2.26. The monoisotopic (exact) mass is 427 g/mol. The van der Waals surface area contributed by atoms with E-state index in [4.69, 9.17) is 16.3 Å². The maximum atomic E-state index is 12.6. The van der Waals surface area contributed by atoms with Crippen LogP contribution in [0.3, 0.4) is 0 Å². The number of hydrogen-bond acceptors (Lipinski definition) is 5. The standard InChI is InChI=1S/C22H22ClN3O2S/c23-19-4-2-1-3-18(19)22-24-15-20(29-22)21(27)25-17-7-5-16(6-8-17)9-10-26-11-13-28-14-12-26/h1-8,15H,9-14H2,(H,25,27). The van der Waals surface area contributed by atoms with Crippen LogP contribution in [0.2, 0.25) is 5.02 Å². The van der Waals surface area contributed by atoms with Crippen LogP contribution in [0.1, 0.15) is 15.2 Å². The van der Waals surface area contributed by atoms with Crippen molar-refractivity contribution in [3.8, 4) is 10.6 Å². The zero-order chi connectivity index (χ0) is 20.1. The number of nitrogens with one attached hydrogen (secondary N) is 1. The fourth-order valence-electron chi connectivity index (χ4n) is 3.20. The topological polar surface area (TPSA) is 54.5 Å². The Kier molecular flexibility index (Phi) is 6.56. The summed E-state index contributed by atoms with van der Waals surface area (Å²) in [6.07, 6.45) is 2.58. The first kappa shape index (κ1) is 20.0. The van der Waals surface area contributed by atoms with Gasteiger partial charge in [-0.3, -0.25) is 9.69 Å². The SMILES string of the molecule is O=C(Nc1ccc(CCN2CCOCC2)cc1)c1cnc(-c2ccccc2Cl)s1. The Hall–Kier alpha value is -2.25. The largest absolute Gasteiger partial charge is 0.379 e. The molecule has 1 amide bonds. The first-order valence-corrected chi connectivity index (χ1v) is 10.8. The maximum absolute atomic E-state index is 12.6. The van der Waals surface area contributed by atoms with Gasteiger partial charge in [-0.15, -0.1) is 11.3 Å². The molecular weight excluding hydrogens is 406 g/mol. The quantitative estimate of drug-likeness (QED) is 0.625. The number of morpholine rings is 1. The van der Waals surface area contributed by atoms with Crippen molar-refractivity contribution in [2.45, 2.75) is 6.42 Å². The Balaban J connectivity index is 1.34. The minimum absolute atomic E-state index is 0.165. The first-order valence-electron chi connectivity index (χ1n) is 9.60. The molecule has 7 heteroatoms. The molecule has 0 bridgehead atoms. The number of rotatable bonds is 6. The van der Waals surface area contributed by atoms with E-state index in [0.29, 0.717) is 9.90 Å². The zero-order valence-electron chi connectivity index (χ0n) is 15.9. The van der Waals surface area contributed by atoms with Crippen molar-refractivity contribution >= 4 is 34.5 Å². The number of aromatic nitrogens is 1. The Labute approximate surface area is 179 Å². The highest BCUT2D eigenvalue weighted by Crippen LogP contribution is 2.31. The summed E-state index contributed by atoms with van der Waals surface area (Å²) >= 11 is 7.56. The molecule has 0 aliphatic carbocycles. The molecule has 1 fully saturated rings. The van der Waals surface area contributed by atoms with Crippen LogP contribution in [-0.2, 0) is 11.2 Å². The number of anilines is 1. The number of carbonyl (C=O) groups excluding carboxylic acids is 1. The third-order valence-corrected chi connectivity index (χ3v) is 6.22. The molecule has 1 aliphatic rings. The average molecular weight is 428 g/mol. The Morgan fingerprint density at radius 1 is 1.14 bits per heavy atom. The predicted molar refractivity (Wildman–Crippen MR) is 118 cm³/mol. The summed E-state index contributed by atoms with van der Waals surface area (Å²) in [5, 5.41) is 4.30. The van der Waals surface area contributed by atoms with E-state index in [1.54, 1.807) is 6.20 Å². The van der Waals surface area contributed by atoms with E-state index in [1.165, 1.54) is 16.9 Å². The zero-order valence-corrected chi connectivity index (χ0v) is 17.5. The lowest BCUT2D eigenvalue weighted by Crippen LogP contribution is -2.37. The third kappa shape index (κ3) is 5.22. The Morgan fingerprint density at radius 3 is 2.66 bits per heavy atom. The van der Waals surface area contributed by atoms with Crippen molar-refractivity contribution in [3.63, 3.8) is 0 Å². The summed E-state index contributed by atoms with van der Waals surface area (Å²) in [6.45, 7) is 4.67. The number of benzene rings is 2. The molecule has 2 heterocycles. The normalized spacial score (nSPS) is 14.7. The first-order chi connectivity index (χ1) is 14.2. The summed E-state index contributed by atoms with van der Waals surface area (Å²) in [5.74, 6) is -0.165. The second-order valence-corrected chi connectivity index (χ2v) is 8.30. The average Bonchev–Trinajstić information content (AvgIpc) is 3.24. The fourth-order valence-corrected chi connectivity index (χ4v) is 4.33. The highest BCUT2D eigenvalue weighted by Gasteiger charge is 2.14. The van der Waals surface area contributed by atoms with Gasteiger partial charge in [0.05, 0.1) is 24.4 Å². The van der Waals surface area contributed by atoms with Crippen LogP contribution < -0.4 is 5.32 Å². The summed E-state index contributed by atoms with van der Waals surface area (Å²) in [5.41, 5.74) is 2.87. The molecule has 0 atom stereocenters. The number of thiazole rings is 1. The molecule has 150 valence electrons. The number of hydrogen-bond donors (Lipinski definition) is 1. The second-order valence-electron chi connectivity index (χ2n) is 6.86. The molecule has 29 heavy (non-hydrogen) atoms. The smallest absolute Gasteiger partial charge is 0.267 e. The van der Waals surface area contributed by atoms with Crippen LogP contribution in [-0.4, -0.2) is 48.6 Å². The molecule has 1 aromatic heterocycles. The van der Waals surface area contributed by atoms with Crippen LogP contribution in [0.4, 0.5) is 5.69 Å². The van der Waals surface area contributed by atoms with Crippen LogP contribution >= 0.6 is 22.9 Å². The molecule has 5 nitrogen and oxygen atoms in total. The second kappa shape index (κ2) is 9.50. The summed E-state index contributed by atoms with van der Waals surface area (Å²) < 4.78 is 5.38. The van der Waals surface area contributed by atoms with Crippen LogP contribution in [0, 0.1) is 0 Å². The van der Waals surface area contributed by atoms with Crippen molar-refractivity contribution in [2.75, 3.05) is 38.2 Å². The third-order valence-electron chi connectivity index (χ3n) is 4.87. The minimum atomic E-state index is -0.165. The Morgan fingerprint density at radius 2 is 1.90 bits per heavy atom. The van der Waals surface area contributed by atoms with E-state index in [2.05, 4.69) is 27.3 Å². The highest BCUT2D eigenvalue weighted by atomic mass is 35.5. The molecule has 4 rings (SSSR count). The number of ether oxygens (including phenoxy) is 1. The van der Waals surface area contributed by atoms with Gasteiger partial charge in [-0.1, -0.05) is 41.9 Å². The van der Waals surface area contributed by atoms with E-state index in [-0.39, 0.29) is 5.91 Å². The van der Waals surface area contributed by atoms with Crippen molar-refractivity contribution in [2.24, 2.45) is 0 Å². The molecule has 2 aromatic carbocycles. The molecular formula is C22H22ClN3O2S. The van der Waals surface area contributed by atoms with Gasteiger partial charge in [-0.2, -0.15) is 0 Å². The van der Waals surface area contributed by atoms with Crippen molar-refractivity contribution < 1.29 is 9.53 Å². The summed E-state index contributed by atoms with van der Waals surface area (Å²) in [4.78, 5) is 19.9. The van der Waals surface area contributed by atoms with Gasteiger partial charge in [0.25, 0.3) is 5.91 Å². The van der Waals surface area contributed by atoms with Crippen LogP contribution in [0.15, 0.2) is 54.7 Å². The number of halogens is 1. The van der Waals surface area contributed by atoms with Gasteiger partial charge in [0.2, 0.25) is 0 Å². The van der Waals surface area contributed by atoms with Gasteiger partial charge in [0.1, 0.15) is 9.88 Å². The Bertz CT molecular complexity index is 968. The van der Waals surface area contributed by atoms with Crippen molar-refractivity contribution in [1.82, 2.24) is 9.88 Å². The highest BCUT2D eigenvalue weighted by molar-refractivity contribution is 7.17. The number of nitrogens with zero attached hydrogens (tertiary/aromatic N) is 2. The van der Waals surface area contributed by atoms with Gasteiger partial charge in [0, 0.05) is 30.9 Å². The molecule has 1 saturated heterocycles. The van der Waals surface area contributed by atoms with E-state index < -0.39 is 0 Å². The van der Waals surface area contributed by atoms with E-state index in [9.17, 15) is 4.79 Å². The van der Waals surface area contributed by atoms with Gasteiger partial charge < -0.3 is 10.1 Å². The van der Waals surface area contributed by atoms with Crippen molar-refractivity contribution in [3.05, 3.63) is 70.2 Å². The van der Waals surface area contributed by atoms with Gasteiger partial charge in [0.15, 0.2) is 0 Å². The van der Waals surface area contributed by atoms with Crippen molar-refractivity contribution in [1.29, 1.82) is 0 Å².